The zero-order chi connectivity index (χ0) is 15.8. The maximum atomic E-state index is 9.20. The topological polar surface area (TPSA) is 29.5 Å². The fourth-order valence-electron chi connectivity index (χ4n) is 3.84. The lowest BCUT2D eigenvalue weighted by Crippen LogP contribution is -2.30. The molecule has 4 atom stereocenters. The highest BCUT2D eigenvalue weighted by Crippen LogP contribution is 2.32. The zero-order valence-corrected chi connectivity index (χ0v) is 14.8. The monoisotopic (exact) mass is 296 g/mol. The number of aliphatic hydroxyl groups excluding tert-OH is 1. The summed E-state index contributed by atoms with van der Waals surface area (Å²) >= 11 is 0. The molecule has 0 aromatic heterocycles. The minimum Gasteiger partial charge on any atom is -0.396 e. The van der Waals surface area contributed by atoms with Gasteiger partial charge >= 0.3 is 0 Å². The summed E-state index contributed by atoms with van der Waals surface area (Å²) in [5.74, 6) is 2.13. The van der Waals surface area contributed by atoms with Crippen molar-refractivity contribution in [1.82, 2.24) is 0 Å². The average Bonchev–Trinajstić information content (AvgIpc) is 2.48. The molecule has 0 amide bonds. The Kier molecular flexibility index (Phi) is 8.58. The fraction of sp³-hybridized carbons (Fsp3) is 0.895. The molecule has 0 bridgehead atoms. The van der Waals surface area contributed by atoms with Gasteiger partial charge in [-0.3, -0.25) is 0 Å². The lowest BCUT2D eigenvalue weighted by Gasteiger charge is -2.32. The summed E-state index contributed by atoms with van der Waals surface area (Å²) in [4.78, 5) is 0. The van der Waals surface area contributed by atoms with Crippen LogP contribution in [0.5, 0.6) is 0 Å². The smallest absolute Gasteiger partial charge is 0.0659 e. The number of hydrogen-bond acceptors (Lipinski definition) is 2. The maximum Gasteiger partial charge on any atom is 0.0659 e. The summed E-state index contributed by atoms with van der Waals surface area (Å²) < 4.78 is 5.85. The number of rotatable bonds is 8. The van der Waals surface area contributed by atoms with E-state index in [4.69, 9.17) is 4.74 Å². The third-order valence-electron chi connectivity index (χ3n) is 5.28. The number of ether oxygens (including phenoxy) is 1. The van der Waals surface area contributed by atoms with Gasteiger partial charge in [0.1, 0.15) is 0 Å². The summed E-state index contributed by atoms with van der Waals surface area (Å²) in [6, 6.07) is 0. The molecule has 0 unspecified atom stereocenters. The van der Waals surface area contributed by atoms with E-state index in [2.05, 4.69) is 33.8 Å². The van der Waals surface area contributed by atoms with E-state index in [0.29, 0.717) is 23.9 Å². The van der Waals surface area contributed by atoms with Crippen LogP contribution in [-0.4, -0.2) is 24.9 Å². The van der Waals surface area contributed by atoms with Gasteiger partial charge in [0.05, 0.1) is 6.10 Å². The van der Waals surface area contributed by atoms with Crippen molar-refractivity contribution >= 4 is 0 Å². The van der Waals surface area contributed by atoms with Crippen LogP contribution in [0.3, 0.4) is 0 Å². The first kappa shape index (κ1) is 18.7. The summed E-state index contributed by atoms with van der Waals surface area (Å²) in [7, 11) is 1.87. The average molecular weight is 296 g/mol. The minimum atomic E-state index is 0.288. The van der Waals surface area contributed by atoms with Crippen LogP contribution in [0.1, 0.15) is 66.2 Å². The predicted molar refractivity (Wildman–Crippen MR) is 90.3 cm³/mol. The van der Waals surface area contributed by atoms with Crippen LogP contribution in [0.25, 0.3) is 0 Å². The second kappa shape index (κ2) is 9.63. The van der Waals surface area contributed by atoms with Crippen molar-refractivity contribution in [2.24, 2.45) is 23.7 Å². The molecule has 1 rings (SSSR count). The van der Waals surface area contributed by atoms with Crippen LogP contribution in [0.2, 0.25) is 0 Å². The van der Waals surface area contributed by atoms with Crippen molar-refractivity contribution in [1.29, 1.82) is 0 Å². The molecule has 1 saturated carbocycles. The SMILES string of the molecule is CO[C@H](C1CCCCC1)[C@@H](C)/C=C(\C)[C@H](C)C[C@@H](C)CO. The number of hydrogen-bond donors (Lipinski definition) is 1. The zero-order valence-electron chi connectivity index (χ0n) is 14.8. The molecule has 0 radical (unpaired) electrons. The molecule has 21 heavy (non-hydrogen) atoms. The quantitative estimate of drug-likeness (QED) is 0.651. The molecule has 0 aromatic carbocycles. The van der Waals surface area contributed by atoms with Crippen LogP contribution in [0.4, 0.5) is 0 Å². The first-order chi connectivity index (χ1) is 9.99. The van der Waals surface area contributed by atoms with E-state index in [1.165, 1.54) is 37.7 Å². The highest BCUT2D eigenvalue weighted by molar-refractivity contribution is 5.06. The molecule has 1 N–H and O–H groups in total. The van der Waals surface area contributed by atoms with Crippen molar-refractivity contribution in [3.05, 3.63) is 11.6 Å². The van der Waals surface area contributed by atoms with Crippen molar-refractivity contribution in [2.45, 2.75) is 72.3 Å². The van der Waals surface area contributed by atoms with E-state index in [1.807, 2.05) is 7.11 Å². The molecule has 0 heterocycles. The van der Waals surface area contributed by atoms with Gasteiger partial charge in [-0.05, 0) is 43.9 Å². The second-order valence-corrected chi connectivity index (χ2v) is 7.29. The molecule has 124 valence electrons. The molecular formula is C19H36O2. The predicted octanol–water partition coefficient (Wildman–Crippen LogP) is 4.82. The molecule has 1 fully saturated rings. The normalized spacial score (nSPS) is 23.6. The van der Waals surface area contributed by atoms with Gasteiger partial charge in [0.15, 0.2) is 0 Å². The third-order valence-corrected chi connectivity index (χ3v) is 5.28. The Balaban J connectivity index is 2.61. The van der Waals surface area contributed by atoms with E-state index in [1.54, 1.807) is 0 Å². The molecule has 0 saturated heterocycles. The molecule has 0 aromatic rings. The number of aliphatic hydroxyl groups is 1. The van der Waals surface area contributed by atoms with Gasteiger partial charge in [-0.15, -0.1) is 0 Å². The van der Waals surface area contributed by atoms with Gasteiger partial charge < -0.3 is 9.84 Å². The molecule has 2 heteroatoms. The molecule has 1 aliphatic rings. The summed E-state index contributed by atoms with van der Waals surface area (Å²) in [6.45, 7) is 9.21. The van der Waals surface area contributed by atoms with Crippen LogP contribution >= 0.6 is 0 Å². The highest BCUT2D eigenvalue weighted by atomic mass is 16.5. The van der Waals surface area contributed by atoms with Crippen molar-refractivity contribution < 1.29 is 9.84 Å². The molecule has 0 aliphatic heterocycles. The van der Waals surface area contributed by atoms with E-state index in [-0.39, 0.29) is 6.61 Å². The van der Waals surface area contributed by atoms with Crippen LogP contribution in [-0.2, 0) is 4.74 Å². The first-order valence-electron chi connectivity index (χ1n) is 8.81. The van der Waals surface area contributed by atoms with Gasteiger partial charge in [-0.25, -0.2) is 0 Å². The lowest BCUT2D eigenvalue weighted by molar-refractivity contribution is 0.0114. The maximum absolute atomic E-state index is 9.20. The standard InChI is InChI=1S/C19H36O2/c1-14(13-20)11-15(2)16(3)12-17(4)19(21-5)18-9-7-6-8-10-18/h12,14-15,17-20H,6-11,13H2,1-5H3/b16-12+/t14-,15-,17+,19+/m1/s1. The molecule has 2 nitrogen and oxygen atoms in total. The van der Waals surface area contributed by atoms with Crippen molar-refractivity contribution in [3.63, 3.8) is 0 Å². The van der Waals surface area contributed by atoms with Crippen LogP contribution in [0, 0.1) is 23.7 Å². The molecular weight excluding hydrogens is 260 g/mol. The van der Waals surface area contributed by atoms with Gasteiger partial charge in [-0.1, -0.05) is 51.7 Å². The lowest BCUT2D eigenvalue weighted by atomic mass is 9.79. The van der Waals surface area contributed by atoms with E-state index in [9.17, 15) is 5.11 Å². The Morgan fingerprint density at radius 2 is 1.81 bits per heavy atom. The van der Waals surface area contributed by atoms with Crippen LogP contribution < -0.4 is 0 Å². The summed E-state index contributed by atoms with van der Waals surface area (Å²) in [5, 5.41) is 9.20. The Morgan fingerprint density at radius 1 is 1.19 bits per heavy atom. The summed E-state index contributed by atoms with van der Waals surface area (Å²) in [6.07, 6.45) is 10.6. The number of allylic oxidation sites excluding steroid dienone is 1. The molecule has 1 aliphatic carbocycles. The summed E-state index contributed by atoms with van der Waals surface area (Å²) in [5.41, 5.74) is 1.45. The van der Waals surface area contributed by atoms with Crippen LogP contribution in [0.15, 0.2) is 11.6 Å². The Hall–Kier alpha value is -0.340. The Bertz CT molecular complexity index is 305. The van der Waals surface area contributed by atoms with Gasteiger partial charge in [0.2, 0.25) is 0 Å². The van der Waals surface area contributed by atoms with Gasteiger partial charge in [0.25, 0.3) is 0 Å². The fourth-order valence-corrected chi connectivity index (χ4v) is 3.84. The Morgan fingerprint density at radius 3 is 2.33 bits per heavy atom. The van der Waals surface area contributed by atoms with E-state index in [0.717, 1.165) is 12.3 Å². The minimum absolute atomic E-state index is 0.288. The number of methoxy groups -OCH3 is 1. The van der Waals surface area contributed by atoms with E-state index < -0.39 is 0 Å². The third kappa shape index (κ3) is 6.12. The highest BCUT2D eigenvalue weighted by Gasteiger charge is 2.27. The first-order valence-corrected chi connectivity index (χ1v) is 8.81. The van der Waals surface area contributed by atoms with Gasteiger partial charge in [-0.2, -0.15) is 0 Å². The largest absolute Gasteiger partial charge is 0.396 e. The molecule has 0 spiro atoms. The van der Waals surface area contributed by atoms with Gasteiger partial charge in [0, 0.05) is 19.6 Å². The van der Waals surface area contributed by atoms with Crippen molar-refractivity contribution in [2.75, 3.05) is 13.7 Å². The van der Waals surface area contributed by atoms with E-state index >= 15 is 0 Å². The Labute approximate surface area is 132 Å². The second-order valence-electron chi connectivity index (χ2n) is 7.29. The van der Waals surface area contributed by atoms with Crippen molar-refractivity contribution in [3.8, 4) is 0 Å².